The summed E-state index contributed by atoms with van der Waals surface area (Å²) < 4.78 is 7.69. The summed E-state index contributed by atoms with van der Waals surface area (Å²) in [5.41, 5.74) is 14.5. The molecule has 4 aromatic rings. The van der Waals surface area contributed by atoms with Gasteiger partial charge in [0.2, 0.25) is 0 Å². The molecule has 0 radical (unpaired) electrons. The fraction of sp³-hybridized carbons (Fsp3) is 0.250. The van der Waals surface area contributed by atoms with Gasteiger partial charge < -0.3 is 0 Å². The van der Waals surface area contributed by atoms with E-state index in [1.165, 1.54) is 50.0 Å². The molecule has 5 heteroatoms. The van der Waals surface area contributed by atoms with Crippen molar-refractivity contribution >= 4 is 54.2 Å². The molecule has 0 aromatic heterocycles. The van der Waals surface area contributed by atoms with Crippen LogP contribution in [0.4, 0.5) is 5.69 Å². The maximum Gasteiger partial charge on any atom is -0.147 e. The maximum atomic E-state index is 2.74. The molecule has 2 aliphatic carbocycles. The molecule has 0 saturated heterocycles. The van der Waals surface area contributed by atoms with Crippen molar-refractivity contribution in [3.63, 3.8) is 0 Å². The first-order chi connectivity index (χ1) is 20.5. The molecular formula is C40H45Cl2NSiZr. The minimum atomic E-state index is -3.76. The molecule has 0 fully saturated rings. The second-order valence-electron chi connectivity index (χ2n) is 14.5. The van der Waals surface area contributed by atoms with Crippen molar-refractivity contribution in [1.82, 2.24) is 0 Å². The predicted octanol–water partition coefficient (Wildman–Crippen LogP) is 11.1. The van der Waals surface area contributed by atoms with E-state index in [9.17, 15) is 0 Å². The van der Waals surface area contributed by atoms with Crippen LogP contribution in [0.1, 0.15) is 48.0 Å². The first kappa shape index (κ1) is 33.9. The topological polar surface area (TPSA) is 3.24 Å². The molecule has 232 valence electrons. The zero-order valence-corrected chi connectivity index (χ0v) is 33.0. The van der Waals surface area contributed by atoms with Crippen LogP contribution in [-0.4, -0.2) is 12.9 Å². The number of anilines is 1. The largest absolute Gasteiger partial charge is 0.147 e. The summed E-state index contributed by atoms with van der Waals surface area (Å²) in [4.78, 5) is 2.56. The fourth-order valence-electron chi connectivity index (χ4n) is 8.67. The molecule has 1 nitrogen and oxygen atoms in total. The Morgan fingerprint density at radius 2 is 1.44 bits per heavy atom. The number of rotatable bonds is 5. The number of nitrogens with zero attached hydrogens (tertiary/aromatic N) is 1. The third-order valence-electron chi connectivity index (χ3n) is 10.3. The first-order valence-corrected chi connectivity index (χ1v) is 29.4. The van der Waals surface area contributed by atoms with Gasteiger partial charge in [-0.05, 0) is 0 Å². The van der Waals surface area contributed by atoms with E-state index in [2.05, 4.69) is 159 Å². The molecule has 45 heavy (non-hydrogen) atoms. The van der Waals surface area contributed by atoms with Gasteiger partial charge in [-0.15, -0.1) is 24.8 Å². The summed E-state index contributed by atoms with van der Waals surface area (Å²) in [7, 11) is 0. The van der Waals surface area contributed by atoms with E-state index in [0.717, 1.165) is 0 Å². The van der Waals surface area contributed by atoms with Gasteiger partial charge >= 0.3 is 262 Å². The van der Waals surface area contributed by atoms with Crippen LogP contribution < -0.4 is 4.90 Å². The smallest absolute Gasteiger partial charge is 0.147 e. The van der Waals surface area contributed by atoms with Crippen LogP contribution >= 0.6 is 24.8 Å². The Hall–Kier alpha value is -2.42. The number of para-hydroxylation sites is 1. The Morgan fingerprint density at radius 1 is 0.778 bits per heavy atom. The van der Waals surface area contributed by atoms with E-state index in [0.29, 0.717) is 15.6 Å². The number of hydrogen-bond donors (Lipinski definition) is 0. The number of halogens is 2. The van der Waals surface area contributed by atoms with Gasteiger partial charge in [-0.3, -0.25) is 0 Å². The van der Waals surface area contributed by atoms with E-state index in [-0.39, 0.29) is 24.8 Å². The molecule has 4 aromatic carbocycles. The monoisotopic (exact) mass is 727 g/mol. The quantitative estimate of drug-likeness (QED) is 0.185. The van der Waals surface area contributed by atoms with Gasteiger partial charge in [0, 0.05) is 0 Å². The Kier molecular flexibility index (Phi) is 9.04. The Balaban J connectivity index is 0.00000200. The third kappa shape index (κ3) is 5.23. The van der Waals surface area contributed by atoms with Crippen molar-refractivity contribution in [2.75, 3.05) is 4.90 Å². The molecule has 2 atom stereocenters. The van der Waals surface area contributed by atoms with E-state index in [4.69, 9.17) is 0 Å². The number of allylic oxidation sites excluding steroid dienone is 4. The summed E-state index contributed by atoms with van der Waals surface area (Å²) >= 11 is -3.76. The van der Waals surface area contributed by atoms with Gasteiger partial charge in [-0.25, -0.2) is 0 Å². The van der Waals surface area contributed by atoms with Crippen LogP contribution in [-0.2, 0) is 17.4 Å². The molecule has 1 heterocycles. The summed E-state index contributed by atoms with van der Waals surface area (Å²) in [5, 5.41) is 2.64. The van der Waals surface area contributed by atoms with Gasteiger partial charge in [0.15, 0.2) is 0 Å². The molecule has 0 spiro atoms. The molecule has 0 amide bonds. The van der Waals surface area contributed by atoms with Gasteiger partial charge in [-0.1, -0.05) is 0 Å². The Labute approximate surface area is 284 Å². The number of hydrogen-bond acceptors (Lipinski definition) is 1. The first-order valence-electron chi connectivity index (χ1n) is 15.9. The van der Waals surface area contributed by atoms with Gasteiger partial charge in [0.05, 0.1) is 0 Å². The normalized spacial score (nSPS) is 19.1. The molecule has 0 N–H and O–H groups in total. The van der Waals surface area contributed by atoms with Crippen LogP contribution in [0.2, 0.25) is 9.26 Å². The maximum absolute atomic E-state index is 3.76. The molecule has 7 rings (SSSR count). The van der Waals surface area contributed by atoms with Crippen molar-refractivity contribution in [1.29, 1.82) is 0 Å². The minimum absolute atomic E-state index is 0. The van der Waals surface area contributed by atoms with Crippen molar-refractivity contribution in [3.8, 4) is 11.1 Å². The standard InChI is InChI=1S/C21H17.C17H18N.2CH3.2ClH.H2Si.Zr/c1-14-12-20-15(2)10-11-19(21(20)13-14)18-9-5-7-16-6-3-4-8-17(16)18;1-12(2)14-10-15-9-13(3)18(17(15)11-14)16-7-5-4-6-8-16;;;;;;/h3-13H,1-2H3;4-9,11-13H,1-3H3;2*1H3;2*1H;1H2;. The van der Waals surface area contributed by atoms with Crippen LogP contribution in [0.25, 0.3) is 28.0 Å². The number of benzene rings is 4. The molecule has 2 unspecified atom stereocenters. The van der Waals surface area contributed by atoms with Crippen LogP contribution in [0.15, 0.2) is 123 Å². The van der Waals surface area contributed by atoms with E-state index >= 15 is 0 Å². The van der Waals surface area contributed by atoms with Crippen molar-refractivity contribution in [3.05, 3.63) is 139 Å². The summed E-state index contributed by atoms with van der Waals surface area (Å²) in [6, 6.07) is 31.7. The van der Waals surface area contributed by atoms with Crippen molar-refractivity contribution < 1.29 is 17.4 Å². The minimum Gasteiger partial charge on any atom is -0.147 e. The molecule has 0 saturated carbocycles. The van der Waals surface area contributed by atoms with Gasteiger partial charge in [0.25, 0.3) is 0 Å². The SMILES string of the molecule is CC1=Cc2c(-c3cccc4ccccc34)ccc(C)c2[CH]1[Zr]([CH3])([CH3])(=[SiH2])[C]1=C(C(C)C)C=C2C1=CC(C)N2c1ccccc1.Cl.Cl. The van der Waals surface area contributed by atoms with Gasteiger partial charge in [0.1, 0.15) is 0 Å². The van der Waals surface area contributed by atoms with Crippen LogP contribution in [0, 0.1) is 12.8 Å². The average Bonchev–Trinajstić information content (AvgIpc) is 3.63. The van der Waals surface area contributed by atoms with Crippen molar-refractivity contribution in [2.24, 2.45) is 5.92 Å². The predicted molar refractivity (Wildman–Crippen MR) is 202 cm³/mol. The molecule has 0 bridgehead atoms. The van der Waals surface area contributed by atoms with E-state index in [1.54, 1.807) is 20.0 Å². The fourth-order valence-corrected chi connectivity index (χ4v) is 27.8. The second kappa shape index (κ2) is 12.0. The second-order valence-corrected chi connectivity index (χ2v) is 43.8. The number of aryl methyl sites for hydroxylation is 1. The van der Waals surface area contributed by atoms with E-state index in [1.807, 2.05) is 0 Å². The summed E-state index contributed by atoms with van der Waals surface area (Å²) in [5.74, 6) is 0.479. The molecular weight excluding hydrogens is 685 g/mol. The van der Waals surface area contributed by atoms with E-state index < -0.39 is 17.4 Å². The number of fused-ring (bicyclic) bond motifs is 3. The average molecular weight is 730 g/mol. The third-order valence-corrected chi connectivity index (χ3v) is 26.6. The van der Waals surface area contributed by atoms with Gasteiger partial charge in [-0.2, -0.15) is 0 Å². The Bertz CT molecular complexity index is 2020. The summed E-state index contributed by atoms with van der Waals surface area (Å²) in [6.07, 6.45) is 7.69. The zero-order valence-electron chi connectivity index (χ0n) is 27.5. The Morgan fingerprint density at radius 3 is 2.16 bits per heavy atom. The van der Waals surface area contributed by atoms with Crippen LogP contribution in [0.3, 0.4) is 0 Å². The zero-order chi connectivity index (χ0) is 30.3. The molecule has 3 aliphatic rings. The van der Waals surface area contributed by atoms with Crippen LogP contribution in [0.5, 0.6) is 0 Å². The molecule has 1 aliphatic heterocycles. The summed E-state index contributed by atoms with van der Waals surface area (Å²) in [6.45, 7) is 14.4. The van der Waals surface area contributed by atoms with Crippen molar-refractivity contribution in [2.45, 2.75) is 53.5 Å².